The minimum Gasteiger partial charge on any atom is -0.459 e. The smallest absolute Gasteiger partial charge is 0.338 e. The highest BCUT2D eigenvalue weighted by Gasteiger charge is 2.49. The molecule has 11 heteroatoms. The van der Waals surface area contributed by atoms with Crippen molar-refractivity contribution in [3.8, 4) is 0 Å². The van der Waals surface area contributed by atoms with Crippen LogP contribution < -0.4 is 5.32 Å². The third-order valence-electron chi connectivity index (χ3n) is 4.97. The molecule has 1 aliphatic rings. The van der Waals surface area contributed by atoms with Crippen molar-refractivity contribution >= 4 is 46.5 Å². The van der Waals surface area contributed by atoms with Crippen molar-refractivity contribution in [2.24, 2.45) is 0 Å². The highest BCUT2D eigenvalue weighted by molar-refractivity contribution is 6.39. The zero-order valence-corrected chi connectivity index (χ0v) is 19.3. The largest absolute Gasteiger partial charge is 0.459 e. The van der Waals surface area contributed by atoms with E-state index in [0.717, 1.165) is 0 Å². The average molecular weight is 512 g/mol. The lowest BCUT2D eigenvalue weighted by atomic mass is 9.99. The maximum Gasteiger partial charge on any atom is 0.338 e. The summed E-state index contributed by atoms with van der Waals surface area (Å²) in [5, 5.41) is 34.2. The monoisotopic (exact) mass is 511 g/mol. The van der Waals surface area contributed by atoms with Gasteiger partial charge >= 0.3 is 11.9 Å². The first-order valence-corrected chi connectivity index (χ1v) is 10.9. The SMILES string of the molecule is C=CCOC(=O)[C@H]1O[C@H](OC(=O)Cc2ccccc2Nc2c(Cl)cccc2Cl)[C@H](O)[C@@H](O)[C@H]1O. The molecule has 0 unspecified atom stereocenters. The van der Waals surface area contributed by atoms with Crippen LogP contribution >= 0.6 is 23.2 Å². The van der Waals surface area contributed by atoms with Crippen LogP contribution in [-0.2, 0) is 30.2 Å². The number of aliphatic hydroxyl groups excluding tert-OH is 3. The number of carbonyl (C=O) groups excluding carboxylic acids is 2. The van der Waals surface area contributed by atoms with Gasteiger partial charge in [0.1, 0.15) is 24.9 Å². The van der Waals surface area contributed by atoms with E-state index in [1.165, 1.54) is 6.08 Å². The predicted octanol–water partition coefficient (Wildman–Crippen LogP) is 2.36. The summed E-state index contributed by atoms with van der Waals surface area (Å²) in [7, 11) is 0. The molecule has 2 aromatic carbocycles. The van der Waals surface area contributed by atoms with Gasteiger partial charge in [-0.15, -0.1) is 0 Å². The van der Waals surface area contributed by atoms with Gasteiger partial charge in [0.15, 0.2) is 6.10 Å². The van der Waals surface area contributed by atoms with E-state index in [0.29, 0.717) is 27.0 Å². The summed E-state index contributed by atoms with van der Waals surface area (Å²) in [6, 6.07) is 11.8. The van der Waals surface area contributed by atoms with Gasteiger partial charge in [0.25, 0.3) is 0 Å². The van der Waals surface area contributed by atoms with Crippen LogP contribution in [0.15, 0.2) is 55.1 Å². The van der Waals surface area contributed by atoms with Crippen molar-refractivity contribution in [3.63, 3.8) is 0 Å². The van der Waals surface area contributed by atoms with Crippen LogP contribution in [0.1, 0.15) is 5.56 Å². The van der Waals surface area contributed by atoms with Crippen LogP contribution in [0.5, 0.6) is 0 Å². The molecule has 0 spiro atoms. The number of halogens is 2. The molecule has 0 radical (unpaired) electrons. The predicted molar refractivity (Wildman–Crippen MR) is 124 cm³/mol. The molecule has 3 rings (SSSR count). The number of hydrogen-bond donors (Lipinski definition) is 4. The third kappa shape index (κ3) is 6.06. The summed E-state index contributed by atoms with van der Waals surface area (Å²) < 4.78 is 15.2. The molecule has 1 fully saturated rings. The number of benzene rings is 2. The molecule has 182 valence electrons. The van der Waals surface area contributed by atoms with Crippen molar-refractivity contribution in [1.82, 2.24) is 0 Å². The van der Waals surface area contributed by atoms with Crippen molar-refractivity contribution in [3.05, 3.63) is 70.7 Å². The lowest BCUT2D eigenvalue weighted by Gasteiger charge is -2.38. The maximum absolute atomic E-state index is 12.6. The summed E-state index contributed by atoms with van der Waals surface area (Å²) in [4.78, 5) is 24.7. The fourth-order valence-corrected chi connectivity index (χ4v) is 3.73. The number of rotatable bonds is 8. The van der Waals surface area contributed by atoms with E-state index in [9.17, 15) is 24.9 Å². The zero-order valence-electron chi connectivity index (χ0n) is 17.8. The Kier molecular flexibility index (Phi) is 8.90. The minimum atomic E-state index is -1.82. The van der Waals surface area contributed by atoms with E-state index in [1.807, 2.05) is 0 Å². The Hall–Kier alpha value is -2.66. The molecule has 2 aromatic rings. The number of esters is 2. The van der Waals surface area contributed by atoms with Gasteiger partial charge < -0.3 is 34.8 Å². The second-order valence-corrected chi connectivity index (χ2v) is 8.18. The molecule has 34 heavy (non-hydrogen) atoms. The van der Waals surface area contributed by atoms with Gasteiger partial charge in [-0.2, -0.15) is 0 Å². The molecule has 0 aliphatic carbocycles. The zero-order chi connectivity index (χ0) is 24.8. The van der Waals surface area contributed by atoms with E-state index in [2.05, 4.69) is 11.9 Å². The Morgan fingerprint density at radius 3 is 2.38 bits per heavy atom. The minimum absolute atomic E-state index is 0.159. The molecular formula is C23H23Cl2NO8. The maximum atomic E-state index is 12.6. The van der Waals surface area contributed by atoms with Gasteiger partial charge in [0, 0.05) is 5.69 Å². The van der Waals surface area contributed by atoms with Gasteiger partial charge in [0.05, 0.1) is 22.2 Å². The van der Waals surface area contributed by atoms with Crippen molar-refractivity contribution in [2.75, 3.05) is 11.9 Å². The first-order chi connectivity index (χ1) is 16.2. The molecule has 9 nitrogen and oxygen atoms in total. The molecule has 0 amide bonds. The Labute approximate surface area is 205 Å². The molecule has 0 aromatic heterocycles. The van der Waals surface area contributed by atoms with Gasteiger partial charge in [0.2, 0.25) is 6.29 Å². The molecule has 0 bridgehead atoms. The first kappa shape index (κ1) is 26.0. The van der Waals surface area contributed by atoms with Crippen LogP contribution in [0, 0.1) is 0 Å². The van der Waals surface area contributed by atoms with Crippen LogP contribution in [0.3, 0.4) is 0 Å². The van der Waals surface area contributed by atoms with Crippen molar-refractivity contribution < 1.29 is 39.1 Å². The Morgan fingerprint density at radius 2 is 1.71 bits per heavy atom. The first-order valence-electron chi connectivity index (χ1n) is 10.2. The summed E-state index contributed by atoms with van der Waals surface area (Å²) in [5.41, 5.74) is 1.49. The number of para-hydroxylation sites is 2. The van der Waals surface area contributed by atoms with Gasteiger partial charge in [-0.05, 0) is 23.8 Å². The van der Waals surface area contributed by atoms with E-state index in [4.69, 9.17) is 37.4 Å². The number of ether oxygens (including phenoxy) is 3. The topological polar surface area (TPSA) is 135 Å². The van der Waals surface area contributed by atoms with E-state index < -0.39 is 42.6 Å². The lowest BCUT2D eigenvalue weighted by molar-refractivity contribution is -0.287. The van der Waals surface area contributed by atoms with Gasteiger partial charge in [-0.3, -0.25) is 4.79 Å². The number of carbonyl (C=O) groups is 2. The standard InChI is InChI=1S/C23H23Cl2NO8/c1-2-10-32-22(31)21-19(29)18(28)20(30)23(34-21)33-16(27)11-12-6-3-4-9-15(12)26-17-13(24)7-5-8-14(17)25/h2-9,18-21,23,26,28-30H,1,10-11H2/t18-,19+,20+,21-,23-/m0/s1. The molecule has 1 aliphatic heterocycles. The summed E-state index contributed by atoms with van der Waals surface area (Å²) in [6.45, 7) is 3.24. The number of hydrogen-bond acceptors (Lipinski definition) is 9. The van der Waals surface area contributed by atoms with Gasteiger partial charge in [-0.25, -0.2) is 4.79 Å². The average Bonchev–Trinajstić information content (AvgIpc) is 2.81. The molecule has 5 atom stereocenters. The molecule has 1 heterocycles. The molecular weight excluding hydrogens is 489 g/mol. The molecule has 0 saturated carbocycles. The van der Waals surface area contributed by atoms with E-state index in [1.54, 1.807) is 42.5 Å². The highest BCUT2D eigenvalue weighted by Crippen LogP contribution is 2.34. The summed E-state index contributed by atoms with van der Waals surface area (Å²) >= 11 is 12.4. The number of aliphatic hydroxyl groups is 3. The number of anilines is 2. The highest BCUT2D eigenvalue weighted by atomic mass is 35.5. The lowest BCUT2D eigenvalue weighted by Crippen LogP contribution is -2.61. The fraction of sp³-hybridized carbons (Fsp3) is 0.304. The third-order valence-corrected chi connectivity index (χ3v) is 5.60. The van der Waals surface area contributed by atoms with Crippen LogP contribution in [0.2, 0.25) is 10.0 Å². The van der Waals surface area contributed by atoms with E-state index in [-0.39, 0.29) is 13.0 Å². The van der Waals surface area contributed by atoms with Crippen LogP contribution in [-0.4, -0.2) is 64.6 Å². The molecule has 1 saturated heterocycles. The Bertz CT molecular complexity index is 1030. The molecule has 4 N–H and O–H groups in total. The van der Waals surface area contributed by atoms with Gasteiger partial charge in [-0.1, -0.05) is 60.1 Å². The summed E-state index contributed by atoms with van der Waals surface area (Å²) in [6.07, 6.45) is -7.74. The normalized spacial score (nSPS) is 24.2. The fourth-order valence-electron chi connectivity index (χ4n) is 3.24. The summed E-state index contributed by atoms with van der Waals surface area (Å²) in [5.74, 6) is -1.84. The Balaban J connectivity index is 1.71. The second kappa shape index (κ2) is 11.7. The quantitative estimate of drug-likeness (QED) is 0.311. The van der Waals surface area contributed by atoms with Crippen molar-refractivity contribution in [1.29, 1.82) is 0 Å². The number of nitrogens with one attached hydrogen (secondary N) is 1. The van der Waals surface area contributed by atoms with E-state index >= 15 is 0 Å². The van der Waals surface area contributed by atoms with Crippen molar-refractivity contribution in [2.45, 2.75) is 37.1 Å². The van der Waals surface area contributed by atoms with Crippen LogP contribution in [0.25, 0.3) is 0 Å². The second-order valence-electron chi connectivity index (χ2n) is 7.36. The van der Waals surface area contributed by atoms with Crippen LogP contribution in [0.4, 0.5) is 11.4 Å². The Morgan fingerprint density at radius 1 is 1.03 bits per heavy atom.